The molecule has 0 fully saturated rings. The highest BCUT2D eigenvalue weighted by Crippen LogP contribution is 2.34. The predicted molar refractivity (Wildman–Crippen MR) is 83.6 cm³/mol. The molecule has 6 heteroatoms. The molecule has 0 saturated carbocycles. The van der Waals surface area contributed by atoms with Crippen LogP contribution in [0.3, 0.4) is 0 Å². The lowest BCUT2D eigenvalue weighted by Crippen LogP contribution is -2.17. The minimum atomic E-state index is -3.62. The van der Waals surface area contributed by atoms with Crippen LogP contribution < -0.4 is 0 Å². The van der Waals surface area contributed by atoms with E-state index in [0.29, 0.717) is 10.6 Å². The van der Waals surface area contributed by atoms with Crippen LogP contribution in [0.1, 0.15) is 35.5 Å². The zero-order valence-electron chi connectivity index (χ0n) is 12.1. The monoisotopic (exact) mass is 344 g/mol. The molecule has 2 unspecified atom stereocenters. The highest BCUT2D eigenvalue weighted by atomic mass is 35.5. The van der Waals surface area contributed by atoms with E-state index in [0.717, 1.165) is 12.1 Å². The van der Waals surface area contributed by atoms with Crippen LogP contribution >= 0.6 is 11.6 Å². The van der Waals surface area contributed by atoms with E-state index in [1.807, 2.05) is 0 Å². The van der Waals surface area contributed by atoms with Gasteiger partial charge in [-0.25, -0.2) is 17.2 Å². The minimum Gasteiger partial charge on any atom is -0.228 e. The average Bonchev–Trinajstić information content (AvgIpc) is 2.49. The Bertz CT molecular complexity index is 773. The first-order valence-electron chi connectivity index (χ1n) is 6.66. The van der Waals surface area contributed by atoms with Crippen molar-refractivity contribution in [2.24, 2.45) is 0 Å². The summed E-state index contributed by atoms with van der Waals surface area (Å²) in [6.07, 6.45) is 0. The Morgan fingerprint density at radius 2 is 1.36 bits per heavy atom. The first-order chi connectivity index (χ1) is 10.2. The molecule has 2 aromatic carbocycles. The zero-order chi connectivity index (χ0) is 16.5. The van der Waals surface area contributed by atoms with Gasteiger partial charge < -0.3 is 0 Å². The van der Waals surface area contributed by atoms with Gasteiger partial charge in [-0.1, -0.05) is 29.8 Å². The molecule has 0 aromatic heterocycles. The molecule has 0 aliphatic carbocycles. The fourth-order valence-electron chi connectivity index (χ4n) is 2.18. The third-order valence-electron chi connectivity index (χ3n) is 3.74. The van der Waals surface area contributed by atoms with E-state index in [2.05, 4.69) is 0 Å². The molecule has 0 heterocycles. The number of rotatable bonds is 4. The van der Waals surface area contributed by atoms with Gasteiger partial charge in [0.15, 0.2) is 21.5 Å². The Balaban J connectivity index is 2.35. The fraction of sp³-hybridized carbons (Fsp3) is 0.250. The second kappa shape index (κ2) is 6.34. The van der Waals surface area contributed by atoms with Crippen molar-refractivity contribution in [2.75, 3.05) is 0 Å². The van der Waals surface area contributed by atoms with Crippen LogP contribution in [0.4, 0.5) is 8.78 Å². The summed E-state index contributed by atoms with van der Waals surface area (Å²) in [4.78, 5) is 0. The first-order valence-corrected chi connectivity index (χ1v) is 8.65. The Kier molecular flexibility index (Phi) is 4.87. The average molecular weight is 345 g/mol. The van der Waals surface area contributed by atoms with Crippen LogP contribution in [0, 0.1) is 11.6 Å². The molecule has 0 aliphatic heterocycles. The van der Waals surface area contributed by atoms with Crippen molar-refractivity contribution in [2.45, 2.75) is 24.3 Å². The van der Waals surface area contributed by atoms with Crippen molar-refractivity contribution >= 4 is 21.4 Å². The fourth-order valence-corrected chi connectivity index (χ4v) is 3.99. The van der Waals surface area contributed by atoms with Gasteiger partial charge >= 0.3 is 0 Å². The Morgan fingerprint density at radius 1 is 0.864 bits per heavy atom. The summed E-state index contributed by atoms with van der Waals surface area (Å²) in [6.45, 7) is 3.03. The Labute approximate surface area is 133 Å². The van der Waals surface area contributed by atoms with Crippen LogP contribution in [0.2, 0.25) is 5.02 Å². The van der Waals surface area contributed by atoms with Crippen molar-refractivity contribution in [1.29, 1.82) is 0 Å². The lowest BCUT2D eigenvalue weighted by atomic mass is 10.1. The summed E-state index contributed by atoms with van der Waals surface area (Å²) in [5.41, 5.74) is 0.818. The quantitative estimate of drug-likeness (QED) is 0.794. The zero-order valence-corrected chi connectivity index (χ0v) is 13.6. The third-order valence-corrected chi connectivity index (χ3v) is 6.51. The molecule has 2 aromatic rings. The highest BCUT2D eigenvalue weighted by Gasteiger charge is 2.30. The van der Waals surface area contributed by atoms with Crippen LogP contribution in [-0.4, -0.2) is 8.42 Å². The normalized spacial score (nSPS) is 14.6. The number of sulfone groups is 1. The summed E-state index contributed by atoms with van der Waals surface area (Å²) in [7, 11) is -3.62. The smallest absolute Gasteiger partial charge is 0.163 e. The maximum atomic E-state index is 13.3. The SMILES string of the molecule is CC(c1ccc(Cl)cc1)S(=O)(=O)C(C)c1ccc(F)c(F)c1. The summed E-state index contributed by atoms with van der Waals surface area (Å²) in [5, 5.41) is -1.22. The molecule has 22 heavy (non-hydrogen) atoms. The van der Waals surface area contributed by atoms with Gasteiger partial charge in [0.05, 0.1) is 10.5 Å². The van der Waals surface area contributed by atoms with Gasteiger partial charge in [-0.2, -0.15) is 0 Å². The van der Waals surface area contributed by atoms with E-state index >= 15 is 0 Å². The van der Waals surface area contributed by atoms with Gasteiger partial charge in [0, 0.05) is 5.02 Å². The molecule has 0 radical (unpaired) electrons. The van der Waals surface area contributed by atoms with Crippen molar-refractivity contribution in [1.82, 2.24) is 0 Å². The summed E-state index contributed by atoms with van der Waals surface area (Å²) >= 11 is 5.79. The minimum absolute atomic E-state index is 0.222. The molecule has 2 rings (SSSR count). The lowest BCUT2D eigenvalue weighted by Gasteiger charge is -2.19. The molecular weight excluding hydrogens is 330 g/mol. The van der Waals surface area contributed by atoms with Crippen molar-refractivity contribution in [3.8, 4) is 0 Å². The number of halogens is 3. The Morgan fingerprint density at radius 3 is 1.91 bits per heavy atom. The molecule has 0 bridgehead atoms. The molecule has 0 N–H and O–H groups in total. The standard InChI is InChI=1S/C16H15ClF2O2S/c1-10(12-3-6-14(17)7-4-12)22(20,21)11(2)13-5-8-15(18)16(19)9-13/h3-11H,1-2H3. The van der Waals surface area contributed by atoms with E-state index in [9.17, 15) is 17.2 Å². The topological polar surface area (TPSA) is 34.1 Å². The molecule has 0 amide bonds. The van der Waals surface area contributed by atoms with Crippen LogP contribution in [0.15, 0.2) is 42.5 Å². The maximum absolute atomic E-state index is 13.3. The third kappa shape index (κ3) is 3.31. The van der Waals surface area contributed by atoms with E-state index in [1.54, 1.807) is 31.2 Å². The molecular formula is C16H15ClF2O2S. The van der Waals surface area contributed by atoms with Gasteiger partial charge in [-0.05, 0) is 49.2 Å². The van der Waals surface area contributed by atoms with E-state index in [-0.39, 0.29) is 5.56 Å². The molecule has 2 atom stereocenters. The van der Waals surface area contributed by atoms with Crippen molar-refractivity contribution in [3.63, 3.8) is 0 Å². The second-order valence-electron chi connectivity index (χ2n) is 5.10. The van der Waals surface area contributed by atoms with Crippen molar-refractivity contribution in [3.05, 3.63) is 70.2 Å². The summed E-state index contributed by atoms with van der Waals surface area (Å²) in [5.74, 6) is -2.06. The van der Waals surface area contributed by atoms with Crippen LogP contribution in [0.25, 0.3) is 0 Å². The van der Waals surface area contributed by atoms with Crippen LogP contribution in [-0.2, 0) is 9.84 Å². The Hall–Kier alpha value is -1.46. The van der Waals surface area contributed by atoms with Gasteiger partial charge in [-0.15, -0.1) is 0 Å². The van der Waals surface area contributed by atoms with Gasteiger partial charge in [-0.3, -0.25) is 0 Å². The van der Waals surface area contributed by atoms with Gasteiger partial charge in [0.2, 0.25) is 0 Å². The van der Waals surface area contributed by atoms with E-state index in [1.165, 1.54) is 13.0 Å². The summed E-state index contributed by atoms with van der Waals surface area (Å²) in [6, 6.07) is 9.66. The lowest BCUT2D eigenvalue weighted by molar-refractivity contribution is 0.506. The van der Waals surface area contributed by atoms with E-state index in [4.69, 9.17) is 11.6 Å². The molecule has 0 saturated heterocycles. The van der Waals surface area contributed by atoms with Gasteiger partial charge in [0.25, 0.3) is 0 Å². The highest BCUT2D eigenvalue weighted by molar-refractivity contribution is 7.91. The molecule has 118 valence electrons. The largest absolute Gasteiger partial charge is 0.228 e. The van der Waals surface area contributed by atoms with Crippen LogP contribution in [0.5, 0.6) is 0 Å². The number of hydrogen-bond donors (Lipinski definition) is 0. The number of hydrogen-bond acceptors (Lipinski definition) is 2. The molecule has 0 spiro atoms. The van der Waals surface area contributed by atoms with E-state index < -0.39 is 32.0 Å². The van der Waals surface area contributed by atoms with Crippen molar-refractivity contribution < 1.29 is 17.2 Å². The first kappa shape index (κ1) is 16.9. The summed E-state index contributed by atoms with van der Waals surface area (Å²) < 4.78 is 51.6. The molecule has 0 aliphatic rings. The number of benzene rings is 2. The predicted octanol–water partition coefficient (Wildman–Crippen LogP) is 4.86. The second-order valence-corrected chi connectivity index (χ2v) is 8.13. The maximum Gasteiger partial charge on any atom is 0.163 e. The van der Waals surface area contributed by atoms with Gasteiger partial charge in [0.1, 0.15) is 0 Å². The molecule has 2 nitrogen and oxygen atoms in total.